The fraction of sp³-hybridized carbons (Fsp3) is 0.222. The van der Waals surface area contributed by atoms with E-state index in [2.05, 4.69) is 18.1 Å². The standard InChI is InChI=1S/C7H7NO4S.C2H4/c1-3-8-4(2-5(9)10)6(13-3)7(11)12;1-2/h2H2,1H3,(H,9,10)(H,11,12);1-2H2. The van der Waals surface area contributed by atoms with E-state index >= 15 is 0 Å². The lowest BCUT2D eigenvalue weighted by molar-refractivity contribution is -0.136. The molecule has 0 aromatic carbocycles. The van der Waals surface area contributed by atoms with Gasteiger partial charge in [0, 0.05) is 0 Å². The zero-order valence-corrected chi connectivity index (χ0v) is 9.00. The Balaban J connectivity index is 0.000000921. The van der Waals surface area contributed by atoms with Crippen LogP contribution in [0.5, 0.6) is 0 Å². The molecule has 0 saturated carbocycles. The first-order valence-electron chi connectivity index (χ1n) is 3.92. The van der Waals surface area contributed by atoms with Gasteiger partial charge in [0.05, 0.1) is 17.1 Å². The second kappa shape index (κ2) is 5.92. The van der Waals surface area contributed by atoms with E-state index in [9.17, 15) is 9.59 Å². The van der Waals surface area contributed by atoms with E-state index in [1.165, 1.54) is 0 Å². The molecule has 0 atom stereocenters. The third-order valence-electron chi connectivity index (χ3n) is 1.32. The molecule has 0 aliphatic rings. The minimum Gasteiger partial charge on any atom is -0.481 e. The van der Waals surface area contributed by atoms with Gasteiger partial charge >= 0.3 is 11.9 Å². The molecule has 1 rings (SSSR count). The van der Waals surface area contributed by atoms with Gasteiger partial charge in [0.25, 0.3) is 0 Å². The van der Waals surface area contributed by atoms with Crippen LogP contribution in [0.3, 0.4) is 0 Å². The number of hydrogen-bond donors (Lipinski definition) is 2. The van der Waals surface area contributed by atoms with Crippen LogP contribution in [0.4, 0.5) is 0 Å². The van der Waals surface area contributed by atoms with Gasteiger partial charge in [-0.2, -0.15) is 0 Å². The van der Waals surface area contributed by atoms with E-state index in [-0.39, 0.29) is 17.0 Å². The molecular weight excluding hydrogens is 218 g/mol. The van der Waals surface area contributed by atoms with E-state index in [1.54, 1.807) is 6.92 Å². The van der Waals surface area contributed by atoms with Crippen LogP contribution < -0.4 is 0 Å². The van der Waals surface area contributed by atoms with Gasteiger partial charge in [-0.1, -0.05) is 0 Å². The van der Waals surface area contributed by atoms with Crippen LogP contribution in [-0.4, -0.2) is 27.1 Å². The minimum absolute atomic E-state index is 0.0138. The highest BCUT2D eigenvalue weighted by molar-refractivity contribution is 7.13. The lowest BCUT2D eigenvalue weighted by Gasteiger charge is -1.91. The van der Waals surface area contributed by atoms with Gasteiger partial charge in [0.2, 0.25) is 0 Å². The fourth-order valence-corrected chi connectivity index (χ4v) is 1.67. The molecule has 0 unspecified atom stereocenters. The summed E-state index contributed by atoms with van der Waals surface area (Å²) in [4.78, 5) is 24.8. The number of hydrogen-bond acceptors (Lipinski definition) is 4. The van der Waals surface area contributed by atoms with Crippen LogP contribution in [0.25, 0.3) is 0 Å². The van der Waals surface area contributed by atoms with Crippen molar-refractivity contribution in [1.82, 2.24) is 4.98 Å². The molecule has 6 heteroatoms. The van der Waals surface area contributed by atoms with Crippen molar-refractivity contribution in [2.75, 3.05) is 0 Å². The Morgan fingerprint density at radius 2 is 1.93 bits per heavy atom. The fourth-order valence-electron chi connectivity index (χ4n) is 0.900. The Morgan fingerprint density at radius 3 is 2.33 bits per heavy atom. The van der Waals surface area contributed by atoms with Gasteiger partial charge in [-0.05, 0) is 6.92 Å². The van der Waals surface area contributed by atoms with Crippen LogP contribution in [0.1, 0.15) is 20.4 Å². The molecule has 0 radical (unpaired) electrons. The van der Waals surface area contributed by atoms with Crippen molar-refractivity contribution in [3.8, 4) is 0 Å². The first-order chi connectivity index (χ1) is 7.00. The molecule has 0 spiro atoms. The quantitative estimate of drug-likeness (QED) is 0.768. The van der Waals surface area contributed by atoms with Crippen molar-refractivity contribution >= 4 is 23.3 Å². The number of aliphatic carboxylic acids is 1. The minimum atomic E-state index is -1.12. The molecule has 1 aromatic heterocycles. The van der Waals surface area contributed by atoms with Crippen molar-refractivity contribution in [3.63, 3.8) is 0 Å². The molecule has 82 valence electrons. The molecular formula is C9H11NO4S. The maximum atomic E-state index is 10.6. The number of carboxylic acid groups (broad SMARTS) is 2. The SMILES string of the molecule is C=C.Cc1nc(CC(=O)O)c(C(=O)O)s1. The number of aromatic carboxylic acids is 1. The highest BCUT2D eigenvalue weighted by Gasteiger charge is 2.17. The Kier molecular flexibility index (Phi) is 5.25. The van der Waals surface area contributed by atoms with Crippen molar-refractivity contribution < 1.29 is 19.8 Å². The molecule has 5 nitrogen and oxygen atoms in total. The third kappa shape index (κ3) is 3.90. The number of aryl methyl sites for hydroxylation is 1. The average molecular weight is 229 g/mol. The molecule has 0 amide bonds. The number of carbonyl (C=O) groups is 2. The molecule has 0 bridgehead atoms. The summed E-state index contributed by atoms with van der Waals surface area (Å²) in [6.07, 6.45) is -0.341. The zero-order valence-electron chi connectivity index (χ0n) is 8.19. The maximum absolute atomic E-state index is 10.6. The molecule has 1 aromatic rings. The van der Waals surface area contributed by atoms with E-state index in [0.717, 1.165) is 11.3 Å². The maximum Gasteiger partial charge on any atom is 0.347 e. The first kappa shape index (κ1) is 13.3. The number of thiazole rings is 1. The van der Waals surface area contributed by atoms with Gasteiger partial charge in [-0.25, -0.2) is 9.78 Å². The lowest BCUT2D eigenvalue weighted by Crippen LogP contribution is -2.05. The van der Waals surface area contributed by atoms with Crippen LogP contribution in [0.2, 0.25) is 0 Å². The Bertz CT molecular complexity index is 372. The van der Waals surface area contributed by atoms with Crippen LogP contribution in [0.15, 0.2) is 13.2 Å². The number of rotatable bonds is 3. The van der Waals surface area contributed by atoms with E-state index in [4.69, 9.17) is 10.2 Å². The Hall–Kier alpha value is -1.69. The van der Waals surface area contributed by atoms with E-state index in [0.29, 0.717) is 5.01 Å². The first-order valence-corrected chi connectivity index (χ1v) is 4.73. The van der Waals surface area contributed by atoms with E-state index < -0.39 is 11.9 Å². The van der Waals surface area contributed by atoms with Gasteiger partial charge < -0.3 is 10.2 Å². The highest BCUT2D eigenvalue weighted by atomic mass is 32.1. The van der Waals surface area contributed by atoms with Crippen molar-refractivity contribution in [1.29, 1.82) is 0 Å². The Labute approximate surface area is 90.7 Å². The van der Waals surface area contributed by atoms with Crippen molar-refractivity contribution in [2.45, 2.75) is 13.3 Å². The smallest absolute Gasteiger partial charge is 0.347 e. The Morgan fingerprint density at radius 1 is 1.40 bits per heavy atom. The van der Waals surface area contributed by atoms with Gasteiger partial charge in [0.15, 0.2) is 0 Å². The highest BCUT2D eigenvalue weighted by Crippen LogP contribution is 2.18. The largest absolute Gasteiger partial charge is 0.481 e. The molecule has 15 heavy (non-hydrogen) atoms. The van der Waals surface area contributed by atoms with Crippen molar-refractivity contribution in [3.05, 3.63) is 28.7 Å². The van der Waals surface area contributed by atoms with Crippen molar-refractivity contribution in [2.24, 2.45) is 0 Å². The summed E-state index contributed by atoms with van der Waals surface area (Å²) >= 11 is 0.990. The summed E-state index contributed by atoms with van der Waals surface area (Å²) in [5, 5.41) is 17.7. The summed E-state index contributed by atoms with van der Waals surface area (Å²) in [5.41, 5.74) is 0.127. The summed E-state index contributed by atoms with van der Waals surface area (Å²) < 4.78 is 0. The summed E-state index contributed by atoms with van der Waals surface area (Å²) in [7, 11) is 0. The monoisotopic (exact) mass is 229 g/mol. The molecule has 1 heterocycles. The topological polar surface area (TPSA) is 87.5 Å². The lowest BCUT2D eigenvalue weighted by atomic mass is 10.3. The third-order valence-corrected chi connectivity index (χ3v) is 2.32. The summed E-state index contributed by atoms with van der Waals surface area (Å²) in [6.45, 7) is 7.64. The van der Waals surface area contributed by atoms with Gasteiger partial charge in [-0.3, -0.25) is 4.79 Å². The number of nitrogens with zero attached hydrogens (tertiary/aromatic N) is 1. The van der Waals surface area contributed by atoms with Crippen LogP contribution in [-0.2, 0) is 11.2 Å². The second-order valence-corrected chi connectivity index (χ2v) is 3.59. The predicted octanol–water partition coefficient (Wildman–Crippen LogP) is 1.58. The molecule has 0 saturated heterocycles. The normalized spacial score (nSPS) is 8.87. The van der Waals surface area contributed by atoms with E-state index in [1.807, 2.05) is 0 Å². The predicted molar refractivity (Wildman–Crippen MR) is 56.4 cm³/mol. The van der Waals surface area contributed by atoms with Gasteiger partial charge in [0.1, 0.15) is 4.88 Å². The van der Waals surface area contributed by atoms with Crippen LogP contribution in [0, 0.1) is 6.92 Å². The van der Waals surface area contributed by atoms with Crippen LogP contribution >= 0.6 is 11.3 Å². The average Bonchev–Trinajstić information content (AvgIpc) is 2.49. The summed E-state index contributed by atoms with van der Waals surface area (Å²) in [6, 6.07) is 0. The zero-order chi connectivity index (χ0) is 12.0. The molecule has 2 N–H and O–H groups in total. The summed E-state index contributed by atoms with van der Waals surface area (Å²) in [5.74, 6) is -2.20. The number of carboxylic acids is 2. The molecule has 0 fully saturated rings. The second-order valence-electron chi connectivity index (χ2n) is 2.38. The number of aromatic nitrogens is 1. The molecule has 0 aliphatic heterocycles. The molecule has 0 aliphatic carbocycles. The van der Waals surface area contributed by atoms with Gasteiger partial charge in [-0.15, -0.1) is 24.5 Å².